The number of nitrogens with zero attached hydrogens (tertiary/aromatic N) is 4. The molecule has 0 bridgehead atoms. The van der Waals surface area contributed by atoms with Crippen molar-refractivity contribution < 1.29 is 19.7 Å². The highest BCUT2D eigenvalue weighted by atomic mass is 19.1. The maximum Gasteiger partial charge on any atom is 0.166 e. The molecular weight excluding hydrogens is 281 g/mol. The number of hydrogen-bond donors (Lipinski definition) is 4. The van der Waals surface area contributed by atoms with Crippen LogP contribution in [0.4, 0.5) is 10.2 Å². The first-order chi connectivity index (χ1) is 10.1. The van der Waals surface area contributed by atoms with Crippen LogP contribution in [0.15, 0.2) is 24.1 Å². The van der Waals surface area contributed by atoms with Crippen molar-refractivity contribution in [3.8, 4) is 0 Å². The number of rotatable bonds is 3. The summed E-state index contributed by atoms with van der Waals surface area (Å²) in [5, 5.41) is 31.8. The Kier molecular flexibility index (Phi) is 3.32. The third-order valence-corrected chi connectivity index (χ3v) is 3.64. The second-order valence-corrected chi connectivity index (χ2v) is 4.71. The molecule has 2 aromatic heterocycles. The molecule has 1 aliphatic rings. The number of hydrogen-bond acceptors (Lipinski definition) is 7. The minimum Gasteiger partial charge on any atom is -0.392 e. The molecule has 0 saturated carbocycles. The van der Waals surface area contributed by atoms with Crippen molar-refractivity contribution in [3.63, 3.8) is 0 Å². The van der Waals surface area contributed by atoms with Crippen LogP contribution < -0.4 is 5.32 Å². The van der Waals surface area contributed by atoms with E-state index in [9.17, 15) is 14.6 Å². The Balaban J connectivity index is 2.15. The molecule has 4 N–H and O–H groups in total. The lowest BCUT2D eigenvalue weighted by Crippen LogP contribution is -2.30. The lowest BCUT2D eigenvalue weighted by Gasteiger charge is -2.18. The number of aliphatic hydroxyl groups is 3. The Bertz CT molecular complexity index is 716. The minimum atomic E-state index is -1.46. The maximum absolute atomic E-state index is 14.3. The van der Waals surface area contributed by atoms with Crippen molar-refractivity contribution >= 4 is 17.0 Å². The van der Waals surface area contributed by atoms with E-state index in [1.54, 1.807) is 7.05 Å². The van der Waals surface area contributed by atoms with Crippen molar-refractivity contribution in [1.29, 1.82) is 0 Å². The quantitative estimate of drug-likeness (QED) is 0.595. The first kappa shape index (κ1) is 13.9. The van der Waals surface area contributed by atoms with Crippen LogP contribution in [-0.4, -0.2) is 60.7 Å². The standard InChI is InChI=1S/C12H14FN5O3/c1-14-11-7-12(16-3-15-11)18(4-17-7)8-6(13)5(2-19)9(20)10(8)21/h3-4,8-10,19-21H,2H2,1H3,(H,14,15,16)/t8?,9-,10-/m0/s1. The highest BCUT2D eigenvalue weighted by Crippen LogP contribution is 2.38. The van der Waals surface area contributed by atoms with Gasteiger partial charge in [0.15, 0.2) is 11.5 Å². The number of fused-ring (bicyclic) bond motifs is 1. The fourth-order valence-corrected chi connectivity index (χ4v) is 2.55. The summed E-state index contributed by atoms with van der Waals surface area (Å²) in [4.78, 5) is 12.1. The SMILES string of the molecule is CNc1ncnc2c1ncn2C1C(F)=C(CO)[C@H](O)[C@H]1O. The van der Waals surface area contributed by atoms with Crippen LogP contribution in [0.1, 0.15) is 6.04 Å². The van der Waals surface area contributed by atoms with E-state index in [-0.39, 0.29) is 5.57 Å². The van der Waals surface area contributed by atoms with E-state index in [1.807, 2.05) is 0 Å². The molecule has 21 heavy (non-hydrogen) atoms. The molecule has 9 heteroatoms. The van der Waals surface area contributed by atoms with E-state index in [2.05, 4.69) is 20.3 Å². The minimum absolute atomic E-state index is 0.225. The molecule has 0 fully saturated rings. The number of halogens is 1. The van der Waals surface area contributed by atoms with Crippen LogP contribution in [0.2, 0.25) is 0 Å². The topological polar surface area (TPSA) is 116 Å². The summed E-state index contributed by atoms with van der Waals surface area (Å²) in [7, 11) is 1.67. The molecule has 2 heterocycles. The molecule has 0 spiro atoms. The number of anilines is 1. The van der Waals surface area contributed by atoms with Crippen LogP contribution >= 0.6 is 0 Å². The van der Waals surface area contributed by atoms with Gasteiger partial charge in [-0.15, -0.1) is 0 Å². The van der Waals surface area contributed by atoms with Gasteiger partial charge in [-0.25, -0.2) is 19.3 Å². The molecule has 1 unspecified atom stereocenters. The number of nitrogens with one attached hydrogen (secondary N) is 1. The van der Waals surface area contributed by atoms with Crippen LogP contribution in [0.25, 0.3) is 11.2 Å². The normalized spacial score (nSPS) is 25.9. The van der Waals surface area contributed by atoms with Crippen molar-refractivity contribution in [2.24, 2.45) is 0 Å². The Morgan fingerprint density at radius 1 is 1.33 bits per heavy atom. The molecule has 2 aromatic rings. The average Bonchev–Trinajstić information content (AvgIpc) is 2.99. The Morgan fingerprint density at radius 2 is 2.10 bits per heavy atom. The highest BCUT2D eigenvalue weighted by Gasteiger charge is 2.43. The van der Waals surface area contributed by atoms with Gasteiger partial charge in [-0.1, -0.05) is 0 Å². The van der Waals surface area contributed by atoms with E-state index in [1.165, 1.54) is 17.2 Å². The van der Waals surface area contributed by atoms with Crippen LogP contribution in [0.5, 0.6) is 0 Å². The van der Waals surface area contributed by atoms with E-state index in [0.29, 0.717) is 17.0 Å². The summed E-state index contributed by atoms with van der Waals surface area (Å²) in [5.41, 5.74) is 0.518. The first-order valence-electron chi connectivity index (χ1n) is 6.30. The first-order valence-corrected chi connectivity index (χ1v) is 6.30. The number of imidazole rings is 1. The lowest BCUT2D eigenvalue weighted by molar-refractivity contribution is 0.0262. The summed E-state index contributed by atoms with van der Waals surface area (Å²) < 4.78 is 15.6. The molecule has 3 rings (SSSR count). The second kappa shape index (κ2) is 5.02. The van der Waals surface area contributed by atoms with E-state index in [4.69, 9.17) is 5.11 Å². The van der Waals surface area contributed by atoms with Gasteiger partial charge in [-0.2, -0.15) is 0 Å². The zero-order valence-corrected chi connectivity index (χ0v) is 11.1. The predicted molar refractivity (Wildman–Crippen MR) is 71.1 cm³/mol. The Labute approximate surface area is 118 Å². The van der Waals surface area contributed by atoms with E-state index in [0.717, 1.165) is 0 Å². The zero-order chi connectivity index (χ0) is 15.1. The smallest absolute Gasteiger partial charge is 0.166 e. The van der Waals surface area contributed by atoms with Crippen LogP contribution in [0.3, 0.4) is 0 Å². The molecule has 0 radical (unpaired) electrons. The Hall–Kier alpha value is -2.10. The van der Waals surface area contributed by atoms with Gasteiger partial charge in [0.1, 0.15) is 35.9 Å². The molecule has 0 aliphatic heterocycles. The van der Waals surface area contributed by atoms with Gasteiger partial charge in [0, 0.05) is 12.6 Å². The van der Waals surface area contributed by atoms with Crippen LogP contribution in [-0.2, 0) is 0 Å². The molecule has 1 aliphatic carbocycles. The molecule has 3 atom stereocenters. The van der Waals surface area contributed by atoms with Gasteiger partial charge in [-0.3, -0.25) is 0 Å². The third kappa shape index (κ3) is 1.89. The van der Waals surface area contributed by atoms with Gasteiger partial charge >= 0.3 is 0 Å². The summed E-state index contributed by atoms with van der Waals surface area (Å²) >= 11 is 0. The van der Waals surface area contributed by atoms with Crippen molar-refractivity contribution in [1.82, 2.24) is 19.5 Å². The van der Waals surface area contributed by atoms with Crippen molar-refractivity contribution in [2.45, 2.75) is 18.2 Å². The predicted octanol–water partition coefficient (Wildman–Crippen LogP) is -0.640. The summed E-state index contributed by atoms with van der Waals surface area (Å²) in [5.74, 6) is -0.306. The van der Waals surface area contributed by atoms with Gasteiger partial charge in [0.25, 0.3) is 0 Å². The largest absolute Gasteiger partial charge is 0.392 e. The molecule has 0 aromatic carbocycles. The fraction of sp³-hybridized carbons (Fsp3) is 0.417. The monoisotopic (exact) mass is 295 g/mol. The van der Waals surface area contributed by atoms with Gasteiger partial charge in [0.05, 0.1) is 12.9 Å². The van der Waals surface area contributed by atoms with Gasteiger partial charge < -0.3 is 25.2 Å². The third-order valence-electron chi connectivity index (χ3n) is 3.64. The summed E-state index contributed by atoms with van der Waals surface area (Å²) in [6, 6.07) is -1.17. The van der Waals surface area contributed by atoms with Crippen molar-refractivity contribution in [3.05, 3.63) is 24.1 Å². The average molecular weight is 295 g/mol. The molecule has 8 nitrogen and oxygen atoms in total. The number of aliphatic hydroxyl groups excluding tert-OH is 3. The molecular formula is C12H14FN5O3. The summed E-state index contributed by atoms with van der Waals surface area (Å²) in [6.45, 7) is -0.663. The number of aromatic nitrogens is 4. The molecule has 0 saturated heterocycles. The van der Waals surface area contributed by atoms with Crippen molar-refractivity contribution in [2.75, 3.05) is 19.0 Å². The second-order valence-electron chi connectivity index (χ2n) is 4.71. The molecule has 112 valence electrons. The van der Waals surface area contributed by atoms with E-state index < -0.39 is 30.7 Å². The zero-order valence-electron chi connectivity index (χ0n) is 11.1. The highest BCUT2D eigenvalue weighted by molar-refractivity contribution is 5.82. The van der Waals surface area contributed by atoms with Gasteiger partial charge in [-0.05, 0) is 0 Å². The van der Waals surface area contributed by atoms with Gasteiger partial charge in [0.2, 0.25) is 0 Å². The lowest BCUT2D eigenvalue weighted by atomic mass is 10.1. The van der Waals surface area contributed by atoms with E-state index >= 15 is 0 Å². The fourth-order valence-electron chi connectivity index (χ4n) is 2.55. The summed E-state index contributed by atoms with van der Waals surface area (Å²) in [6.07, 6.45) is -0.264. The Morgan fingerprint density at radius 3 is 2.71 bits per heavy atom. The maximum atomic E-state index is 14.3. The van der Waals surface area contributed by atoms with Crippen LogP contribution in [0, 0.1) is 0 Å². The molecule has 0 amide bonds.